The van der Waals surface area contributed by atoms with Gasteiger partial charge in [0.05, 0.1) is 10.9 Å². The number of hydrogen-bond acceptors (Lipinski definition) is 8. The van der Waals surface area contributed by atoms with E-state index in [2.05, 4.69) is 51.9 Å². The van der Waals surface area contributed by atoms with Crippen LogP contribution in [0, 0.1) is 0 Å². The zero-order chi connectivity index (χ0) is 22.8. The molecule has 1 aliphatic rings. The number of halogens is 1. The van der Waals surface area contributed by atoms with Crippen LogP contribution < -0.4 is 10.7 Å². The fourth-order valence-corrected chi connectivity index (χ4v) is 5.05. The Hall–Kier alpha value is -2.89. The lowest BCUT2D eigenvalue weighted by molar-refractivity contribution is -0.119. The average molecular weight is 540 g/mol. The summed E-state index contributed by atoms with van der Waals surface area (Å²) in [6.07, 6.45) is 0.607. The molecule has 1 unspecified atom stereocenters. The van der Waals surface area contributed by atoms with Crippen LogP contribution in [-0.2, 0) is 4.79 Å². The van der Waals surface area contributed by atoms with Crippen molar-refractivity contribution in [2.24, 2.45) is 5.10 Å². The van der Waals surface area contributed by atoms with Crippen LogP contribution in [0.25, 0.3) is 27.8 Å². The fraction of sp³-hybridized carbons (Fsp3) is 0.136. The molecule has 0 saturated heterocycles. The van der Waals surface area contributed by atoms with Gasteiger partial charge in [-0.05, 0) is 24.6 Å². The van der Waals surface area contributed by atoms with Gasteiger partial charge in [-0.2, -0.15) is 0 Å². The van der Waals surface area contributed by atoms with Crippen molar-refractivity contribution in [3.8, 4) is 0 Å². The SMILES string of the molecule is CCC(Sc1nnc2c(n1)[nH]c1ccccc12)C(=O)NC1=NNC(c2ccc(Br)cc2)=CS1. The largest absolute Gasteiger partial charge is 0.338 e. The molecule has 0 fully saturated rings. The van der Waals surface area contributed by atoms with Crippen LogP contribution in [0.1, 0.15) is 18.9 Å². The van der Waals surface area contributed by atoms with Crippen molar-refractivity contribution in [3.63, 3.8) is 0 Å². The smallest absolute Gasteiger partial charge is 0.239 e. The molecule has 2 aromatic heterocycles. The summed E-state index contributed by atoms with van der Waals surface area (Å²) in [4.78, 5) is 20.7. The monoisotopic (exact) mass is 539 g/mol. The predicted octanol–water partition coefficient (Wildman–Crippen LogP) is 4.86. The first-order valence-corrected chi connectivity index (χ1v) is 12.7. The summed E-state index contributed by atoms with van der Waals surface area (Å²) < 4.78 is 1.01. The number of carbonyl (C=O) groups excluding carboxylic acids is 1. The Kier molecular flexibility index (Phi) is 6.34. The molecular formula is C22H18BrN7OS2. The van der Waals surface area contributed by atoms with Crippen LogP contribution in [0.15, 0.2) is 68.7 Å². The summed E-state index contributed by atoms with van der Waals surface area (Å²) in [6, 6.07) is 15.8. The van der Waals surface area contributed by atoms with E-state index in [-0.39, 0.29) is 11.2 Å². The van der Waals surface area contributed by atoms with E-state index in [1.54, 1.807) is 0 Å². The highest BCUT2D eigenvalue weighted by Crippen LogP contribution is 2.27. The molecule has 3 heterocycles. The first kappa shape index (κ1) is 21.9. The maximum atomic E-state index is 12.9. The minimum absolute atomic E-state index is 0.156. The molecular weight excluding hydrogens is 522 g/mol. The number of amidine groups is 1. The zero-order valence-corrected chi connectivity index (χ0v) is 20.6. The summed E-state index contributed by atoms with van der Waals surface area (Å²) in [5.41, 5.74) is 7.22. The van der Waals surface area contributed by atoms with Gasteiger partial charge in [-0.15, -0.1) is 15.3 Å². The lowest BCUT2D eigenvalue weighted by Crippen LogP contribution is -2.37. The van der Waals surface area contributed by atoms with Crippen molar-refractivity contribution in [1.29, 1.82) is 0 Å². The molecule has 33 heavy (non-hydrogen) atoms. The number of aromatic nitrogens is 4. The summed E-state index contributed by atoms with van der Waals surface area (Å²) in [5.74, 6) is -0.156. The predicted molar refractivity (Wildman–Crippen MR) is 138 cm³/mol. The summed E-state index contributed by atoms with van der Waals surface area (Å²) in [6.45, 7) is 1.95. The Labute approximate surface area is 206 Å². The first-order valence-electron chi connectivity index (χ1n) is 10.2. The minimum atomic E-state index is -0.381. The number of amides is 1. The second kappa shape index (κ2) is 9.54. The van der Waals surface area contributed by atoms with E-state index in [0.29, 0.717) is 22.4 Å². The van der Waals surface area contributed by atoms with E-state index in [0.717, 1.165) is 32.2 Å². The summed E-state index contributed by atoms with van der Waals surface area (Å²) in [7, 11) is 0. The van der Waals surface area contributed by atoms with Crippen LogP contribution in [0.3, 0.4) is 0 Å². The van der Waals surface area contributed by atoms with Gasteiger partial charge in [0.15, 0.2) is 10.8 Å². The van der Waals surface area contributed by atoms with Crippen molar-refractivity contribution in [1.82, 2.24) is 30.9 Å². The van der Waals surface area contributed by atoms with Crippen LogP contribution >= 0.6 is 39.5 Å². The number of hydrogen-bond donors (Lipinski definition) is 3. The number of benzene rings is 2. The topological polar surface area (TPSA) is 108 Å². The molecule has 1 amide bonds. The molecule has 8 nitrogen and oxygen atoms in total. The van der Waals surface area contributed by atoms with E-state index >= 15 is 0 Å². The Morgan fingerprint density at radius 2 is 2.00 bits per heavy atom. The zero-order valence-electron chi connectivity index (χ0n) is 17.4. The number of aromatic amines is 1. The van der Waals surface area contributed by atoms with E-state index in [9.17, 15) is 4.79 Å². The van der Waals surface area contributed by atoms with E-state index in [4.69, 9.17) is 0 Å². The van der Waals surface area contributed by atoms with Gasteiger partial charge in [0.2, 0.25) is 11.1 Å². The third-order valence-electron chi connectivity index (χ3n) is 4.97. The standard InChI is InChI=1S/C22H18BrN7OS2/c1-2-17(33-22-25-19-18(28-30-22)14-5-3-4-6-15(14)24-19)20(31)26-21-29-27-16(11-32-21)12-7-9-13(23)10-8-12/h3-11,17,27H,2H2,1H3,(H,24,25,30)(H,26,29,31). The van der Waals surface area contributed by atoms with Crippen molar-refractivity contribution >= 4 is 78.3 Å². The number of H-pyrrole nitrogens is 1. The number of thioether (sulfide) groups is 2. The maximum absolute atomic E-state index is 12.9. The van der Waals surface area contributed by atoms with Crippen molar-refractivity contribution in [2.75, 3.05) is 0 Å². The van der Waals surface area contributed by atoms with Gasteiger partial charge < -0.3 is 10.3 Å². The quantitative estimate of drug-likeness (QED) is 0.310. The molecule has 0 radical (unpaired) electrons. The average Bonchev–Trinajstić information content (AvgIpc) is 3.21. The highest BCUT2D eigenvalue weighted by atomic mass is 79.9. The number of fused-ring (bicyclic) bond motifs is 3. The maximum Gasteiger partial charge on any atom is 0.239 e. The lowest BCUT2D eigenvalue weighted by Gasteiger charge is -2.17. The Balaban J connectivity index is 1.24. The molecule has 0 saturated carbocycles. The van der Waals surface area contributed by atoms with E-state index in [1.165, 1.54) is 23.5 Å². The van der Waals surface area contributed by atoms with Crippen LogP contribution in [0.5, 0.6) is 0 Å². The van der Waals surface area contributed by atoms with Crippen LogP contribution in [0.2, 0.25) is 0 Å². The number of nitrogens with one attached hydrogen (secondary N) is 3. The second-order valence-corrected chi connectivity index (χ2v) is 10.1. The molecule has 4 aromatic rings. The molecule has 0 spiro atoms. The molecule has 1 aliphatic heterocycles. The summed E-state index contributed by atoms with van der Waals surface area (Å²) >= 11 is 6.08. The molecule has 5 rings (SSSR count). The van der Waals surface area contributed by atoms with Crippen molar-refractivity contribution < 1.29 is 4.79 Å². The van der Waals surface area contributed by atoms with Crippen molar-refractivity contribution in [3.05, 3.63) is 64.0 Å². The number of nitrogens with zero attached hydrogens (tertiary/aromatic N) is 4. The third kappa shape index (κ3) is 4.75. The fourth-order valence-electron chi connectivity index (χ4n) is 3.29. The Morgan fingerprint density at radius 3 is 2.76 bits per heavy atom. The van der Waals surface area contributed by atoms with Gasteiger partial charge in [-0.1, -0.05) is 76.7 Å². The first-order chi connectivity index (χ1) is 16.1. The Morgan fingerprint density at radius 1 is 1.18 bits per heavy atom. The van der Waals surface area contributed by atoms with Gasteiger partial charge in [-0.25, -0.2) is 4.98 Å². The van der Waals surface area contributed by atoms with E-state index in [1.807, 2.05) is 60.9 Å². The molecule has 3 N–H and O–H groups in total. The molecule has 1 atom stereocenters. The molecule has 11 heteroatoms. The van der Waals surface area contributed by atoms with Gasteiger partial charge in [0.25, 0.3) is 0 Å². The number of carbonyl (C=O) groups is 1. The number of hydrazone groups is 1. The minimum Gasteiger partial charge on any atom is -0.338 e. The summed E-state index contributed by atoms with van der Waals surface area (Å²) in [5, 5.41) is 19.2. The van der Waals surface area contributed by atoms with Crippen LogP contribution in [0.4, 0.5) is 0 Å². The van der Waals surface area contributed by atoms with E-state index < -0.39 is 0 Å². The third-order valence-corrected chi connectivity index (χ3v) is 7.48. The van der Waals surface area contributed by atoms with Crippen LogP contribution in [-0.4, -0.2) is 36.5 Å². The van der Waals surface area contributed by atoms with Gasteiger partial charge in [0.1, 0.15) is 5.52 Å². The molecule has 0 aliphatic carbocycles. The number of rotatable bonds is 5. The highest BCUT2D eigenvalue weighted by Gasteiger charge is 2.23. The molecule has 0 bridgehead atoms. The highest BCUT2D eigenvalue weighted by molar-refractivity contribution is 9.10. The lowest BCUT2D eigenvalue weighted by atomic mass is 10.2. The molecule has 166 valence electrons. The van der Waals surface area contributed by atoms with Gasteiger partial charge >= 0.3 is 0 Å². The number of para-hydroxylation sites is 1. The van der Waals surface area contributed by atoms with Gasteiger partial charge in [0, 0.05) is 26.3 Å². The van der Waals surface area contributed by atoms with Gasteiger partial charge in [-0.3, -0.25) is 10.2 Å². The molecule has 2 aromatic carbocycles. The normalized spacial score (nSPS) is 14.5. The second-order valence-electron chi connectivity index (χ2n) is 7.15. The Bertz CT molecular complexity index is 1400. The van der Waals surface area contributed by atoms with Crippen molar-refractivity contribution in [2.45, 2.75) is 23.8 Å².